The first-order chi connectivity index (χ1) is 10.1. The Morgan fingerprint density at radius 1 is 1.43 bits per heavy atom. The fraction of sp³-hybridized carbons (Fsp3) is 0.875. The fourth-order valence-electron chi connectivity index (χ4n) is 3.04. The Bertz CT molecular complexity index is 374. The van der Waals surface area contributed by atoms with Crippen LogP contribution in [0.1, 0.15) is 52.9 Å². The average Bonchev–Trinajstić information content (AvgIpc) is 2.94. The molecule has 5 heteroatoms. The van der Waals surface area contributed by atoms with Crippen molar-refractivity contribution in [1.82, 2.24) is 10.2 Å². The number of nitrogens with one attached hydrogen (secondary N) is 1. The van der Waals surface area contributed by atoms with Crippen molar-refractivity contribution in [1.29, 1.82) is 0 Å². The number of amides is 1. The number of piperidine rings is 1. The zero-order valence-electron chi connectivity index (χ0n) is 13.6. The van der Waals surface area contributed by atoms with Crippen molar-refractivity contribution >= 4 is 11.6 Å². The van der Waals surface area contributed by atoms with Gasteiger partial charge in [-0.25, -0.2) is 0 Å². The molecular formula is C16H29N3O2. The van der Waals surface area contributed by atoms with Crippen LogP contribution in [0.2, 0.25) is 0 Å². The van der Waals surface area contributed by atoms with Gasteiger partial charge < -0.3 is 15.1 Å². The minimum atomic E-state index is 0.0340. The molecule has 2 aliphatic heterocycles. The molecule has 1 fully saturated rings. The SMILES string of the molecule is CCC1=NOC(CNC(=O)CC2CCN(C(C)C)CC2)C1. The normalized spacial score (nSPS) is 24.0. The molecule has 0 aromatic carbocycles. The molecule has 0 saturated carbocycles. The predicted octanol–water partition coefficient (Wildman–Crippen LogP) is 2.17. The molecule has 21 heavy (non-hydrogen) atoms. The van der Waals surface area contributed by atoms with Gasteiger partial charge in [0, 0.05) is 18.9 Å². The fourth-order valence-corrected chi connectivity index (χ4v) is 3.04. The third kappa shape index (κ3) is 4.99. The van der Waals surface area contributed by atoms with Gasteiger partial charge in [-0.2, -0.15) is 0 Å². The first-order valence-electron chi connectivity index (χ1n) is 8.30. The number of carbonyl (C=O) groups excluding carboxylic acids is 1. The largest absolute Gasteiger partial charge is 0.390 e. The molecule has 2 heterocycles. The molecule has 1 atom stereocenters. The van der Waals surface area contributed by atoms with Crippen molar-refractivity contribution in [3.05, 3.63) is 0 Å². The van der Waals surface area contributed by atoms with Gasteiger partial charge in [-0.05, 0) is 52.1 Å². The van der Waals surface area contributed by atoms with Crippen LogP contribution in [0.3, 0.4) is 0 Å². The molecule has 0 spiro atoms. The molecule has 1 saturated heterocycles. The Morgan fingerprint density at radius 2 is 2.14 bits per heavy atom. The van der Waals surface area contributed by atoms with Crippen molar-refractivity contribution in [2.75, 3.05) is 19.6 Å². The average molecular weight is 295 g/mol. The van der Waals surface area contributed by atoms with Gasteiger partial charge in [0.25, 0.3) is 0 Å². The summed E-state index contributed by atoms with van der Waals surface area (Å²) in [6, 6.07) is 0.618. The van der Waals surface area contributed by atoms with Gasteiger partial charge >= 0.3 is 0 Å². The Morgan fingerprint density at radius 3 is 2.71 bits per heavy atom. The monoisotopic (exact) mass is 295 g/mol. The first kappa shape index (κ1) is 16.3. The lowest BCUT2D eigenvalue weighted by molar-refractivity contribution is -0.123. The lowest BCUT2D eigenvalue weighted by atomic mass is 9.92. The van der Waals surface area contributed by atoms with Gasteiger partial charge in [0.1, 0.15) is 6.10 Å². The second-order valence-electron chi connectivity index (χ2n) is 6.52. The summed E-state index contributed by atoms with van der Waals surface area (Å²) in [5, 5.41) is 7.01. The number of hydrogen-bond acceptors (Lipinski definition) is 4. The van der Waals surface area contributed by atoms with E-state index in [9.17, 15) is 4.79 Å². The van der Waals surface area contributed by atoms with Crippen molar-refractivity contribution in [2.24, 2.45) is 11.1 Å². The lowest BCUT2D eigenvalue weighted by Gasteiger charge is -2.34. The zero-order chi connectivity index (χ0) is 15.2. The molecule has 0 aromatic rings. The molecule has 120 valence electrons. The van der Waals surface area contributed by atoms with Crippen LogP contribution in [0.25, 0.3) is 0 Å². The van der Waals surface area contributed by atoms with E-state index in [4.69, 9.17) is 4.84 Å². The van der Waals surface area contributed by atoms with Gasteiger partial charge in [-0.3, -0.25) is 4.79 Å². The summed E-state index contributed by atoms with van der Waals surface area (Å²) < 4.78 is 0. The maximum atomic E-state index is 12.0. The van der Waals surface area contributed by atoms with Crippen molar-refractivity contribution in [2.45, 2.75) is 65.0 Å². The third-order valence-corrected chi connectivity index (χ3v) is 4.58. The third-order valence-electron chi connectivity index (χ3n) is 4.58. The van der Waals surface area contributed by atoms with E-state index < -0.39 is 0 Å². The van der Waals surface area contributed by atoms with Crippen molar-refractivity contribution < 1.29 is 9.63 Å². The second kappa shape index (κ2) is 7.78. The van der Waals surface area contributed by atoms with E-state index in [1.165, 1.54) is 0 Å². The molecule has 0 aromatic heterocycles. The van der Waals surface area contributed by atoms with Gasteiger partial charge in [0.05, 0.1) is 12.3 Å². The molecule has 5 nitrogen and oxygen atoms in total. The summed E-state index contributed by atoms with van der Waals surface area (Å²) in [6.45, 7) is 9.37. The number of nitrogens with zero attached hydrogens (tertiary/aromatic N) is 2. The smallest absolute Gasteiger partial charge is 0.220 e. The highest BCUT2D eigenvalue weighted by Crippen LogP contribution is 2.21. The number of rotatable bonds is 6. The number of carbonyl (C=O) groups is 1. The standard InChI is InChI=1S/C16H29N3O2/c1-4-14-10-15(21-18-14)11-17-16(20)9-13-5-7-19(8-6-13)12(2)3/h12-13,15H,4-11H2,1-3H3,(H,17,20). The van der Waals surface area contributed by atoms with Crippen LogP contribution in [0.15, 0.2) is 5.16 Å². The second-order valence-corrected chi connectivity index (χ2v) is 6.52. The van der Waals surface area contributed by atoms with Crippen molar-refractivity contribution in [3.63, 3.8) is 0 Å². The minimum absolute atomic E-state index is 0.0340. The number of likely N-dealkylation sites (tertiary alicyclic amines) is 1. The van der Waals surface area contributed by atoms with Crippen LogP contribution in [-0.4, -0.2) is 48.3 Å². The van der Waals surface area contributed by atoms with Crippen LogP contribution in [0.4, 0.5) is 0 Å². The summed E-state index contributed by atoms with van der Waals surface area (Å²) >= 11 is 0. The zero-order valence-corrected chi connectivity index (χ0v) is 13.6. The van der Waals surface area contributed by atoms with Gasteiger partial charge in [-0.15, -0.1) is 0 Å². The Kier molecular flexibility index (Phi) is 6.03. The molecule has 2 aliphatic rings. The van der Waals surface area contributed by atoms with Crippen LogP contribution in [0.5, 0.6) is 0 Å². The van der Waals surface area contributed by atoms with E-state index in [-0.39, 0.29) is 12.0 Å². The van der Waals surface area contributed by atoms with E-state index in [2.05, 4.69) is 36.1 Å². The van der Waals surface area contributed by atoms with Gasteiger partial charge in [-0.1, -0.05) is 12.1 Å². The highest BCUT2D eigenvalue weighted by molar-refractivity contribution is 5.85. The van der Waals surface area contributed by atoms with E-state index in [0.717, 1.165) is 44.5 Å². The molecule has 1 unspecified atom stereocenters. The summed E-state index contributed by atoms with van der Waals surface area (Å²) in [4.78, 5) is 19.8. The van der Waals surface area contributed by atoms with E-state index in [1.54, 1.807) is 0 Å². The maximum absolute atomic E-state index is 12.0. The lowest BCUT2D eigenvalue weighted by Crippen LogP contribution is -2.40. The Balaban J connectivity index is 1.60. The Labute approximate surface area is 128 Å². The molecule has 0 radical (unpaired) electrons. The molecular weight excluding hydrogens is 266 g/mol. The van der Waals surface area contributed by atoms with Gasteiger partial charge in [0.2, 0.25) is 5.91 Å². The summed E-state index contributed by atoms with van der Waals surface area (Å²) in [5.41, 5.74) is 1.09. The highest BCUT2D eigenvalue weighted by Gasteiger charge is 2.24. The van der Waals surface area contributed by atoms with Crippen LogP contribution in [-0.2, 0) is 9.63 Å². The van der Waals surface area contributed by atoms with E-state index in [1.807, 2.05) is 0 Å². The van der Waals surface area contributed by atoms with E-state index >= 15 is 0 Å². The van der Waals surface area contributed by atoms with Crippen LogP contribution >= 0.6 is 0 Å². The van der Waals surface area contributed by atoms with Crippen LogP contribution < -0.4 is 5.32 Å². The quantitative estimate of drug-likeness (QED) is 0.817. The molecule has 1 amide bonds. The van der Waals surface area contributed by atoms with Crippen LogP contribution in [0, 0.1) is 5.92 Å². The van der Waals surface area contributed by atoms with Crippen molar-refractivity contribution in [3.8, 4) is 0 Å². The van der Waals surface area contributed by atoms with Gasteiger partial charge in [0.15, 0.2) is 0 Å². The Hall–Kier alpha value is -1.10. The summed E-state index contributed by atoms with van der Waals surface area (Å²) in [7, 11) is 0. The minimum Gasteiger partial charge on any atom is -0.390 e. The topological polar surface area (TPSA) is 53.9 Å². The molecule has 1 N–H and O–H groups in total. The van der Waals surface area contributed by atoms with E-state index in [0.29, 0.717) is 24.9 Å². The summed E-state index contributed by atoms with van der Waals surface area (Å²) in [6.07, 6.45) is 4.73. The molecule has 2 rings (SSSR count). The molecule has 0 bridgehead atoms. The first-order valence-corrected chi connectivity index (χ1v) is 8.30. The number of hydrogen-bond donors (Lipinski definition) is 1. The highest BCUT2D eigenvalue weighted by atomic mass is 16.6. The predicted molar refractivity (Wildman–Crippen MR) is 84.3 cm³/mol. The number of oxime groups is 1. The molecule has 0 aliphatic carbocycles. The summed E-state index contributed by atoms with van der Waals surface area (Å²) in [5.74, 6) is 0.693. The maximum Gasteiger partial charge on any atom is 0.220 e.